The van der Waals surface area contributed by atoms with Gasteiger partial charge in [-0.3, -0.25) is 18.7 Å². The molecule has 3 aromatic heterocycles. The van der Waals surface area contributed by atoms with E-state index in [2.05, 4.69) is 26.7 Å². The number of para-hydroxylation sites is 1. The van der Waals surface area contributed by atoms with Crippen molar-refractivity contribution >= 4 is 34.8 Å². The number of hydrogen-bond donors (Lipinski definition) is 0. The maximum Gasteiger partial charge on any atom is 0.262 e. The zero-order chi connectivity index (χ0) is 22.1. The molecule has 1 saturated heterocycles. The molecule has 1 fully saturated rings. The van der Waals surface area contributed by atoms with Gasteiger partial charge in [0, 0.05) is 45.1 Å². The Bertz CT molecular complexity index is 1350. The van der Waals surface area contributed by atoms with Gasteiger partial charge in [0.15, 0.2) is 0 Å². The largest absolute Gasteiger partial charge is 0.338 e. The summed E-state index contributed by atoms with van der Waals surface area (Å²) in [6.45, 7) is 6.73. The van der Waals surface area contributed by atoms with Crippen LogP contribution in [-0.4, -0.2) is 59.8 Å². The minimum Gasteiger partial charge on any atom is -0.338 e. The quantitative estimate of drug-likeness (QED) is 0.418. The molecule has 0 unspecified atom stereocenters. The van der Waals surface area contributed by atoms with Crippen molar-refractivity contribution in [2.24, 2.45) is 0 Å². The average Bonchev–Trinajstić information content (AvgIpc) is 3.16. The molecule has 5 rings (SSSR count). The monoisotopic (exact) mass is 450 g/mol. The number of hydrogen-bond acceptors (Lipinski definition) is 7. The average molecular weight is 451 g/mol. The second-order valence-electron chi connectivity index (χ2n) is 8.04. The van der Waals surface area contributed by atoms with Gasteiger partial charge in [-0.2, -0.15) is 0 Å². The second kappa shape index (κ2) is 8.79. The smallest absolute Gasteiger partial charge is 0.262 e. The first-order valence-electron chi connectivity index (χ1n) is 11.0. The fraction of sp³-hybridized carbons (Fsp3) is 0.409. The summed E-state index contributed by atoms with van der Waals surface area (Å²) in [5, 5.41) is 5.48. The summed E-state index contributed by atoms with van der Waals surface area (Å²) in [4.78, 5) is 26.4. The van der Waals surface area contributed by atoms with E-state index >= 15 is 0 Å². The highest BCUT2D eigenvalue weighted by atomic mass is 32.1. The van der Waals surface area contributed by atoms with E-state index in [0.717, 1.165) is 50.5 Å². The third-order valence-electron chi connectivity index (χ3n) is 5.96. The predicted octanol–water partition coefficient (Wildman–Crippen LogP) is 2.55. The lowest BCUT2D eigenvalue weighted by Crippen LogP contribution is -2.47. The molecule has 1 aliphatic rings. The first-order chi connectivity index (χ1) is 15.7. The van der Waals surface area contributed by atoms with Crippen LogP contribution in [0.15, 0.2) is 47.5 Å². The van der Waals surface area contributed by atoms with Crippen LogP contribution in [0.2, 0.25) is 0 Å². The van der Waals surface area contributed by atoms with Gasteiger partial charge in [-0.25, -0.2) is 14.6 Å². The van der Waals surface area contributed by atoms with Gasteiger partial charge in [0.2, 0.25) is 16.5 Å². The Labute approximate surface area is 190 Å². The lowest BCUT2D eigenvalue weighted by Gasteiger charge is -2.34. The molecule has 4 heterocycles. The van der Waals surface area contributed by atoms with E-state index in [1.807, 2.05) is 39.4 Å². The number of piperazine rings is 1. The van der Waals surface area contributed by atoms with Crippen LogP contribution in [0.5, 0.6) is 0 Å². The topological polar surface area (TPSA) is 76.5 Å². The minimum atomic E-state index is -0.00910. The molecule has 32 heavy (non-hydrogen) atoms. The van der Waals surface area contributed by atoms with Gasteiger partial charge >= 0.3 is 0 Å². The first kappa shape index (κ1) is 20.8. The minimum absolute atomic E-state index is 0.00910. The Morgan fingerprint density at radius 3 is 2.53 bits per heavy atom. The molecule has 0 N–H and O–H groups in total. The number of rotatable bonds is 6. The van der Waals surface area contributed by atoms with Crippen LogP contribution in [-0.2, 0) is 13.2 Å². The molecule has 0 atom stereocenters. The van der Waals surface area contributed by atoms with Gasteiger partial charge < -0.3 is 4.90 Å². The number of aromatic nitrogens is 6. The summed E-state index contributed by atoms with van der Waals surface area (Å²) < 4.78 is 6.15. The van der Waals surface area contributed by atoms with Crippen LogP contribution >= 0.6 is 12.2 Å². The number of unbranched alkanes of at least 4 members (excludes halogenated alkanes) is 1. The van der Waals surface area contributed by atoms with Crippen molar-refractivity contribution in [3.63, 3.8) is 0 Å². The van der Waals surface area contributed by atoms with E-state index in [1.54, 1.807) is 17.0 Å². The molecule has 0 aliphatic carbocycles. The van der Waals surface area contributed by atoms with Crippen LogP contribution in [0.3, 0.4) is 0 Å². The number of fused-ring (bicyclic) bond motifs is 3. The predicted molar refractivity (Wildman–Crippen MR) is 127 cm³/mol. The Kier molecular flexibility index (Phi) is 5.71. The fourth-order valence-corrected chi connectivity index (χ4v) is 4.49. The number of nitrogens with zero attached hydrogens (tertiary/aromatic N) is 8. The highest BCUT2D eigenvalue weighted by molar-refractivity contribution is 7.71. The zero-order valence-corrected chi connectivity index (χ0v) is 18.9. The molecule has 1 aliphatic heterocycles. The molecule has 9 nitrogen and oxygen atoms in total. The molecule has 0 saturated carbocycles. The lowest BCUT2D eigenvalue weighted by molar-refractivity contribution is 0.194. The summed E-state index contributed by atoms with van der Waals surface area (Å²) in [7, 11) is 0. The van der Waals surface area contributed by atoms with Gasteiger partial charge in [0.1, 0.15) is 0 Å². The highest BCUT2D eigenvalue weighted by Crippen LogP contribution is 2.16. The normalized spacial score (nSPS) is 15.1. The van der Waals surface area contributed by atoms with Crippen molar-refractivity contribution in [2.45, 2.75) is 33.0 Å². The van der Waals surface area contributed by atoms with Gasteiger partial charge in [-0.05, 0) is 36.8 Å². The maximum absolute atomic E-state index is 13.2. The standard InChI is InChI=1S/C22H26N8OS/c1-2-3-11-28-19(31)17-7-4-5-8-18(17)30-21(28)25-29(22(30)32)16-26-12-14-27(15-13-26)20-23-9-6-10-24-20/h4-10H,2-3,11-16H2,1H3. The Morgan fingerprint density at radius 1 is 1.03 bits per heavy atom. The molecule has 166 valence electrons. The third kappa shape index (κ3) is 3.69. The fourth-order valence-electron chi connectivity index (χ4n) is 4.21. The SMILES string of the molecule is CCCCn1c(=O)c2ccccc2n2c(=S)n(CN3CCN(c4ncccn4)CC3)nc12. The van der Waals surface area contributed by atoms with Gasteiger partial charge in [0.05, 0.1) is 17.6 Å². The lowest BCUT2D eigenvalue weighted by atomic mass is 10.2. The van der Waals surface area contributed by atoms with E-state index in [1.165, 1.54) is 0 Å². The first-order valence-corrected chi connectivity index (χ1v) is 11.4. The Morgan fingerprint density at radius 2 is 1.78 bits per heavy atom. The molecule has 10 heteroatoms. The van der Waals surface area contributed by atoms with Crippen molar-refractivity contribution in [3.05, 3.63) is 57.9 Å². The van der Waals surface area contributed by atoms with Crippen LogP contribution in [0.25, 0.3) is 16.7 Å². The van der Waals surface area contributed by atoms with E-state index in [-0.39, 0.29) is 5.56 Å². The van der Waals surface area contributed by atoms with Crippen LogP contribution in [0.1, 0.15) is 19.8 Å². The molecular formula is C22H26N8OS. The number of aryl methyl sites for hydroxylation is 1. The zero-order valence-electron chi connectivity index (χ0n) is 18.1. The maximum atomic E-state index is 13.2. The molecule has 0 amide bonds. The van der Waals surface area contributed by atoms with Crippen LogP contribution < -0.4 is 10.5 Å². The Balaban J connectivity index is 1.47. The van der Waals surface area contributed by atoms with E-state index < -0.39 is 0 Å². The molecule has 0 bridgehead atoms. The highest BCUT2D eigenvalue weighted by Gasteiger charge is 2.21. The third-order valence-corrected chi connectivity index (χ3v) is 6.35. The van der Waals surface area contributed by atoms with E-state index in [4.69, 9.17) is 17.3 Å². The van der Waals surface area contributed by atoms with Crippen molar-refractivity contribution in [1.82, 2.24) is 33.6 Å². The summed E-state index contributed by atoms with van der Waals surface area (Å²) in [6.07, 6.45) is 5.46. The van der Waals surface area contributed by atoms with Crippen LogP contribution in [0.4, 0.5) is 5.95 Å². The van der Waals surface area contributed by atoms with E-state index in [0.29, 0.717) is 29.1 Å². The molecule has 1 aromatic carbocycles. The van der Waals surface area contributed by atoms with Crippen LogP contribution in [0, 0.1) is 4.77 Å². The van der Waals surface area contributed by atoms with Crippen molar-refractivity contribution in [3.8, 4) is 0 Å². The molecular weight excluding hydrogens is 424 g/mol. The van der Waals surface area contributed by atoms with Crippen molar-refractivity contribution in [1.29, 1.82) is 0 Å². The van der Waals surface area contributed by atoms with Crippen molar-refractivity contribution < 1.29 is 0 Å². The number of anilines is 1. The second-order valence-corrected chi connectivity index (χ2v) is 8.41. The van der Waals surface area contributed by atoms with Gasteiger partial charge in [-0.15, -0.1) is 5.10 Å². The summed E-state index contributed by atoms with van der Waals surface area (Å²) in [6, 6.07) is 9.46. The van der Waals surface area contributed by atoms with E-state index in [9.17, 15) is 4.79 Å². The number of benzene rings is 1. The Hall–Kier alpha value is -3.11. The molecule has 4 aromatic rings. The summed E-state index contributed by atoms with van der Waals surface area (Å²) in [5.74, 6) is 1.38. The molecule has 0 spiro atoms. The van der Waals surface area contributed by atoms with Gasteiger partial charge in [-0.1, -0.05) is 25.5 Å². The van der Waals surface area contributed by atoms with Crippen molar-refractivity contribution in [2.75, 3.05) is 31.1 Å². The summed E-state index contributed by atoms with van der Waals surface area (Å²) in [5.41, 5.74) is 0.799. The van der Waals surface area contributed by atoms with Gasteiger partial charge in [0.25, 0.3) is 5.56 Å². The molecule has 0 radical (unpaired) electrons. The summed E-state index contributed by atoms with van der Waals surface area (Å²) >= 11 is 5.83.